The summed E-state index contributed by atoms with van der Waals surface area (Å²) in [6, 6.07) is 0. The Morgan fingerprint density at radius 3 is 2.20 bits per heavy atom. The monoisotopic (exact) mass is 162 g/mol. The molecule has 0 aromatic carbocycles. The molecule has 0 saturated heterocycles. The van der Waals surface area contributed by atoms with Gasteiger partial charge in [-0.2, -0.15) is 0 Å². The summed E-state index contributed by atoms with van der Waals surface area (Å²) in [5, 5.41) is 0. The van der Waals surface area contributed by atoms with Crippen LogP contribution in [0.25, 0.3) is 0 Å². The molecular formula is C5H10N2O2S. The van der Waals surface area contributed by atoms with Crippen LogP contribution in [-0.2, 0) is 14.7 Å². The highest BCUT2D eigenvalue weighted by molar-refractivity contribution is 7.91. The Morgan fingerprint density at radius 1 is 1.60 bits per heavy atom. The molecule has 0 aliphatic carbocycles. The summed E-state index contributed by atoms with van der Waals surface area (Å²) in [4.78, 5) is 10.9. The van der Waals surface area contributed by atoms with Crippen LogP contribution in [0.1, 0.15) is 13.8 Å². The second kappa shape index (κ2) is 1.79. The van der Waals surface area contributed by atoms with Crippen LogP contribution in [0.15, 0.2) is 4.36 Å². The molecule has 4 nitrogen and oxygen atoms in total. The summed E-state index contributed by atoms with van der Waals surface area (Å²) in [5.74, 6) is -0.333. The molecule has 1 N–H and O–H groups in total. The standard InChI is InChI=1S/C5H10N2O2S/c1-5(2)4(8)6-10(3,9)7-5/h1-3H3,(H,6,7,8,9). The van der Waals surface area contributed by atoms with Gasteiger partial charge in [0.05, 0.1) is 0 Å². The fourth-order valence-corrected chi connectivity index (χ4v) is 2.44. The zero-order valence-corrected chi connectivity index (χ0v) is 6.99. The van der Waals surface area contributed by atoms with Gasteiger partial charge in [0.2, 0.25) is 0 Å². The van der Waals surface area contributed by atoms with Crippen molar-refractivity contribution in [3.8, 4) is 0 Å². The summed E-state index contributed by atoms with van der Waals surface area (Å²) >= 11 is 0. The first-order valence-electron chi connectivity index (χ1n) is 2.89. The van der Waals surface area contributed by atoms with E-state index in [4.69, 9.17) is 0 Å². The predicted octanol–water partition coefficient (Wildman–Crippen LogP) is -0.0924. The Bertz CT molecular complexity index is 286. The van der Waals surface area contributed by atoms with Gasteiger partial charge in [-0.25, -0.2) is 8.93 Å². The van der Waals surface area contributed by atoms with Gasteiger partial charge in [-0.05, 0) is 13.8 Å². The number of amides is 1. The molecular weight excluding hydrogens is 152 g/mol. The van der Waals surface area contributed by atoms with Crippen molar-refractivity contribution >= 4 is 15.8 Å². The molecule has 0 aromatic heterocycles. The molecule has 1 unspecified atom stereocenters. The van der Waals surface area contributed by atoms with Gasteiger partial charge >= 0.3 is 0 Å². The topological polar surface area (TPSA) is 58.5 Å². The molecule has 1 rings (SSSR count). The summed E-state index contributed by atoms with van der Waals surface area (Å²) in [5.41, 5.74) is -0.744. The number of nitrogens with one attached hydrogen (secondary N) is 1. The highest BCUT2D eigenvalue weighted by atomic mass is 32.2. The summed E-state index contributed by atoms with van der Waals surface area (Å²) < 4.78 is 17.2. The zero-order chi connectivity index (χ0) is 7.99. The van der Waals surface area contributed by atoms with Crippen molar-refractivity contribution < 1.29 is 9.00 Å². The van der Waals surface area contributed by atoms with Gasteiger partial charge in [-0.3, -0.25) is 4.79 Å². The second-order valence-corrected chi connectivity index (χ2v) is 4.92. The molecule has 0 aromatic rings. The van der Waals surface area contributed by atoms with Crippen LogP contribution in [0, 0.1) is 0 Å². The van der Waals surface area contributed by atoms with Gasteiger partial charge in [0.1, 0.15) is 15.5 Å². The van der Waals surface area contributed by atoms with Gasteiger partial charge in [0, 0.05) is 6.26 Å². The lowest BCUT2D eigenvalue weighted by molar-refractivity contribution is -0.121. The van der Waals surface area contributed by atoms with E-state index in [-0.39, 0.29) is 5.91 Å². The summed E-state index contributed by atoms with van der Waals surface area (Å²) in [7, 11) is -2.43. The minimum absolute atomic E-state index is 0.333. The van der Waals surface area contributed by atoms with Crippen LogP contribution in [0.3, 0.4) is 0 Å². The van der Waals surface area contributed by atoms with E-state index in [9.17, 15) is 9.00 Å². The third kappa shape index (κ3) is 1.19. The average molecular weight is 162 g/mol. The normalized spacial score (nSPS) is 37.7. The molecule has 0 fully saturated rings. The summed E-state index contributed by atoms with van der Waals surface area (Å²) in [6.45, 7) is 3.32. The molecule has 1 aliphatic rings. The number of hydrogen-bond donors (Lipinski definition) is 1. The Labute approximate surface area is 60.3 Å². The van der Waals surface area contributed by atoms with Crippen LogP contribution in [0.4, 0.5) is 0 Å². The maximum atomic E-state index is 11.1. The Morgan fingerprint density at radius 2 is 2.10 bits per heavy atom. The smallest absolute Gasteiger partial charge is 0.270 e. The third-order valence-electron chi connectivity index (χ3n) is 1.24. The van der Waals surface area contributed by atoms with E-state index >= 15 is 0 Å². The van der Waals surface area contributed by atoms with Crippen molar-refractivity contribution in [3.63, 3.8) is 0 Å². The molecule has 0 spiro atoms. The minimum atomic E-state index is -2.43. The molecule has 0 saturated carbocycles. The number of carbonyl (C=O) groups is 1. The number of rotatable bonds is 0. The van der Waals surface area contributed by atoms with Gasteiger partial charge < -0.3 is 0 Å². The van der Waals surface area contributed by atoms with Crippen molar-refractivity contribution in [2.24, 2.45) is 4.36 Å². The van der Waals surface area contributed by atoms with E-state index in [1.807, 2.05) is 0 Å². The maximum Gasteiger partial charge on any atom is 0.275 e. The van der Waals surface area contributed by atoms with Crippen molar-refractivity contribution in [2.75, 3.05) is 6.26 Å². The van der Waals surface area contributed by atoms with Crippen molar-refractivity contribution in [2.45, 2.75) is 19.4 Å². The zero-order valence-electron chi connectivity index (χ0n) is 6.17. The number of nitrogens with zero attached hydrogens (tertiary/aromatic N) is 1. The molecule has 1 aliphatic heterocycles. The lowest BCUT2D eigenvalue weighted by Gasteiger charge is -2.13. The Hall–Kier alpha value is -0.420. The van der Waals surface area contributed by atoms with Crippen LogP contribution >= 0.6 is 0 Å². The Kier molecular flexibility index (Phi) is 1.38. The first-order valence-corrected chi connectivity index (χ1v) is 4.81. The third-order valence-corrected chi connectivity index (χ3v) is 2.64. The minimum Gasteiger partial charge on any atom is -0.270 e. The fraction of sp³-hybridized carbons (Fsp3) is 0.800. The van der Waals surface area contributed by atoms with E-state index in [0.29, 0.717) is 0 Å². The predicted molar refractivity (Wildman–Crippen MR) is 38.7 cm³/mol. The lowest BCUT2D eigenvalue weighted by Crippen LogP contribution is -2.41. The van der Waals surface area contributed by atoms with Crippen LogP contribution in [0.2, 0.25) is 0 Å². The van der Waals surface area contributed by atoms with Crippen molar-refractivity contribution in [3.05, 3.63) is 0 Å². The van der Waals surface area contributed by atoms with Gasteiger partial charge in [-0.15, -0.1) is 4.36 Å². The molecule has 1 heterocycles. The van der Waals surface area contributed by atoms with E-state index in [0.717, 1.165) is 0 Å². The van der Waals surface area contributed by atoms with E-state index in [1.165, 1.54) is 6.26 Å². The second-order valence-electron chi connectivity index (χ2n) is 2.93. The van der Waals surface area contributed by atoms with Crippen molar-refractivity contribution in [1.29, 1.82) is 0 Å². The van der Waals surface area contributed by atoms with E-state index < -0.39 is 15.5 Å². The average Bonchev–Trinajstić information content (AvgIpc) is 1.73. The largest absolute Gasteiger partial charge is 0.275 e. The van der Waals surface area contributed by atoms with E-state index in [1.54, 1.807) is 13.8 Å². The van der Waals surface area contributed by atoms with Crippen LogP contribution in [-0.4, -0.2) is 21.9 Å². The van der Waals surface area contributed by atoms with Crippen LogP contribution < -0.4 is 4.72 Å². The number of carbonyl (C=O) groups excluding carboxylic acids is 1. The maximum absolute atomic E-state index is 11.1. The quantitative estimate of drug-likeness (QED) is 0.541. The molecule has 1 amide bonds. The molecule has 10 heavy (non-hydrogen) atoms. The van der Waals surface area contributed by atoms with Crippen LogP contribution in [0.5, 0.6) is 0 Å². The first kappa shape index (κ1) is 7.68. The highest BCUT2D eigenvalue weighted by Gasteiger charge is 2.36. The van der Waals surface area contributed by atoms with E-state index in [2.05, 4.69) is 9.08 Å². The molecule has 0 bridgehead atoms. The Balaban J connectivity index is 3.10. The lowest BCUT2D eigenvalue weighted by atomic mass is 10.1. The molecule has 58 valence electrons. The van der Waals surface area contributed by atoms with Crippen molar-refractivity contribution in [1.82, 2.24) is 4.72 Å². The highest BCUT2D eigenvalue weighted by Crippen LogP contribution is 2.14. The summed E-state index contributed by atoms with van der Waals surface area (Å²) in [6.07, 6.45) is 1.42. The fourth-order valence-electron chi connectivity index (χ4n) is 0.812. The first-order chi connectivity index (χ1) is 4.33. The van der Waals surface area contributed by atoms with Gasteiger partial charge in [0.15, 0.2) is 0 Å². The van der Waals surface area contributed by atoms with Gasteiger partial charge in [-0.1, -0.05) is 0 Å². The number of hydrogen-bond acceptors (Lipinski definition) is 2. The molecule has 1 atom stereocenters. The van der Waals surface area contributed by atoms with Gasteiger partial charge in [0.25, 0.3) is 5.91 Å². The SMILES string of the molecule is CC1(C)NS(C)(=O)=NC1=O. The molecule has 0 radical (unpaired) electrons. The molecule has 5 heteroatoms.